The number of benzene rings is 1. The number of nitrogens with two attached hydrogens (primary N) is 1. The Kier molecular flexibility index (Phi) is 3.08. The highest BCUT2D eigenvalue weighted by Crippen LogP contribution is 2.34. The zero-order valence-corrected chi connectivity index (χ0v) is 9.72. The minimum absolute atomic E-state index is 0.123. The summed E-state index contributed by atoms with van der Waals surface area (Å²) >= 11 is 0. The fourth-order valence-corrected chi connectivity index (χ4v) is 2.14. The highest BCUT2D eigenvalue weighted by atomic mass is 16.5. The molecule has 5 heteroatoms. The van der Waals surface area contributed by atoms with Crippen LogP contribution in [0.15, 0.2) is 18.2 Å². The molecule has 1 aliphatic rings. The maximum Gasteiger partial charge on any atom is 0.222 e. The average Bonchev–Trinajstić information content (AvgIpc) is 2.78. The fraction of sp³-hybridized carbons (Fsp3) is 0.417. The van der Waals surface area contributed by atoms with Crippen molar-refractivity contribution in [2.75, 3.05) is 25.1 Å². The molecular weight excluding hydrogens is 220 g/mol. The van der Waals surface area contributed by atoms with Gasteiger partial charge in [0, 0.05) is 19.2 Å². The van der Waals surface area contributed by atoms with Crippen LogP contribution >= 0.6 is 0 Å². The molecule has 1 aliphatic heterocycles. The predicted octanol–water partition coefficient (Wildman–Crippen LogP) is 0.712. The SMILES string of the molecule is COc1ccc(O)cc1N1CCC(C(N)=O)C1. The van der Waals surface area contributed by atoms with Crippen LogP contribution < -0.4 is 15.4 Å². The Labute approximate surface area is 99.8 Å². The summed E-state index contributed by atoms with van der Waals surface area (Å²) in [6.45, 7) is 1.32. The number of phenols is 1. The van der Waals surface area contributed by atoms with E-state index in [1.165, 1.54) is 0 Å². The molecule has 1 aromatic carbocycles. The van der Waals surface area contributed by atoms with Gasteiger partial charge in [-0.3, -0.25) is 4.79 Å². The molecular formula is C12H16N2O3. The van der Waals surface area contributed by atoms with Gasteiger partial charge in [0.2, 0.25) is 5.91 Å². The van der Waals surface area contributed by atoms with Crippen molar-refractivity contribution < 1.29 is 14.6 Å². The lowest BCUT2D eigenvalue weighted by Crippen LogP contribution is -2.27. The van der Waals surface area contributed by atoms with E-state index in [0.717, 1.165) is 18.7 Å². The molecule has 0 radical (unpaired) electrons. The van der Waals surface area contributed by atoms with Gasteiger partial charge < -0.3 is 20.5 Å². The number of nitrogens with zero attached hydrogens (tertiary/aromatic N) is 1. The molecule has 2 rings (SSSR count). The van der Waals surface area contributed by atoms with Crippen molar-refractivity contribution in [1.82, 2.24) is 0 Å². The highest BCUT2D eigenvalue weighted by Gasteiger charge is 2.28. The van der Waals surface area contributed by atoms with Gasteiger partial charge in [-0.15, -0.1) is 0 Å². The molecule has 0 aromatic heterocycles. The standard InChI is InChI=1S/C12H16N2O3/c1-17-11-3-2-9(15)6-10(11)14-5-4-8(7-14)12(13)16/h2-3,6,8,15H,4-5,7H2,1H3,(H2,13,16). The van der Waals surface area contributed by atoms with E-state index in [-0.39, 0.29) is 17.6 Å². The van der Waals surface area contributed by atoms with E-state index >= 15 is 0 Å². The topological polar surface area (TPSA) is 75.8 Å². The minimum atomic E-state index is -0.272. The van der Waals surface area contributed by atoms with Crippen molar-refractivity contribution in [2.45, 2.75) is 6.42 Å². The Balaban J connectivity index is 2.23. The zero-order valence-electron chi connectivity index (χ0n) is 9.72. The van der Waals surface area contributed by atoms with E-state index in [2.05, 4.69) is 0 Å². The zero-order chi connectivity index (χ0) is 12.4. The van der Waals surface area contributed by atoms with E-state index in [9.17, 15) is 9.90 Å². The Morgan fingerprint density at radius 3 is 2.94 bits per heavy atom. The molecule has 1 atom stereocenters. The molecule has 1 unspecified atom stereocenters. The van der Waals surface area contributed by atoms with Gasteiger partial charge in [0.25, 0.3) is 0 Å². The van der Waals surface area contributed by atoms with Crippen molar-refractivity contribution in [1.29, 1.82) is 0 Å². The first-order valence-electron chi connectivity index (χ1n) is 5.53. The Morgan fingerprint density at radius 2 is 2.35 bits per heavy atom. The maximum absolute atomic E-state index is 11.1. The van der Waals surface area contributed by atoms with Gasteiger partial charge in [-0.25, -0.2) is 0 Å². The number of primary amides is 1. The molecule has 92 valence electrons. The van der Waals surface area contributed by atoms with Crippen LogP contribution in [0, 0.1) is 5.92 Å². The average molecular weight is 236 g/mol. The lowest BCUT2D eigenvalue weighted by Gasteiger charge is -2.21. The number of anilines is 1. The molecule has 17 heavy (non-hydrogen) atoms. The van der Waals surface area contributed by atoms with E-state index in [0.29, 0.717) is 12.3 Å². The van der Waals surface area contributed by atoms with Crippen molar-refractivity contribution in [2.24, 2.45) is 11.7 Å². The first kappa shape index (κ1) is 11.6. The Morgan fingerprint density at radius 1 is 1.59 bits per heavy atom. The van der Waals surface area contributed by atoms with Gasteiger partial charge >= 0.3 is 0 Å². The van der Waals surface area contributed by atoms with Gasteiger partial charge in [-0.1, -0.05) is 0 Å². The largest absolute Gasteiger partial charge is 0.508 e. The monoisotopic (exact) mass is 236 g/mol. The molecule has 1 fully saturated rings. The van der Waals surface area contributed by atoms with Gasteiger partial charge in [-0.2, -0.15) is 0 Å². The van der Waals surface area contributed by atoms with Crippen LogP contribution in [-0.4, -0.2) is 31.2 Å². The molecule has 1 heterocycles. The number of hydrogen-bond donors (Lipinski definition) is 2. The third kappa shape index (κ3) is 2.27. The first-order chi connectivity index (χ1) is 8.11. The van der Waals surface area contributed by atoms with Crippen molar-refractivity contribution >= 4 is 11.6 Å². The van der Waals surface area contributed by atoms with Crippen molar-refractivity contribution in [3.8, 4) is 11.5 Å². The molecule has 1 aromatic rings. The third-order valence-electron chi connectivity index (χ3n) is 3.09. The summed E-state index contributed by atoms with van der Waals surface area (Å²) in [5.41, 5.74) is 6.09. The van der Waals surface area contributed by atoms with Crippen molar-refractivity contribution in [3.05, 3.63) is 18.2 Å². The van der Waals surface area contributed by atoms with Crippen molar-refractivity contribution in [3.63, 3.8) is 0 Å². The summed E-state index contributed by atoms with van der Waals surface area (Å²) in [5.74, 6) is 0.477. The second-order valence-electron chi connectivity index (χ2n) is 4.19. The molecule has 0 bridgehead atoms. The van der Waals surface area contributed by atoms with Crippen LogP contribution in [0.25, 0.3) is 0 Å². The van der Waals surface area contributed by atoms with Crippen LogP contribution in [0.2, 0.25) is 0 Å². The van der Waals surface area contributed by atoms with Gasteiger partial charge in [0.15, 0.2) is 0 Å². The molecule has 5 nitrogen and oxygen atoms in total. The molecule has 1 saturated heterocycles. The molecule has 1 amide bonds. The molecule has 0 aliphatic carbocycles. The lowest BCUT2D eigenvalue weighted by atomic mass is 10.1. The lowest BCUT2D eigenvalue weighted by molar-refractivity contribution is -0.121. The second kappa shape index (κ2) is 4.53. The van der Waals surface area contributed by atoms with Gasteiger partial charge in [0.05, 0.1) is 18.7 Å². The Bertz CT molecular complexity index is 434. The normalized spacial score (nSPS) is 19.4. The number of rotatable bonds is 3. The molecule has 0 spiro atoms. The number of carbonyl (C=O) groups is 1. The minimum Gasteiger partial charge on any atom is -0.508 e. The van der Waals surface area contributed by atoms with Crippen LogP contribution in [0.5, 0.6) is 11.5 Å². The number of ether oxygens (including phenoxy) is 1. The molecule has 3 N–H and O–H groups in total. The third-order valence-corrected chi connectivity index (χ3v) is 3.09. The summed E-state index contributed by atoms with van der Waals surface area (Å²) in [6, 6.07) is 4.93. The number of hydrogen-bond acceptors (Lipinski definition) is 4. The van der Waals surface area contributed by atoms with Crippen LogP contribution in [-0.2, 0) is 4.79 Å². The predicted molar refractivity (Wildman–Crippen MR) is 64.2 cm³/mol. The van der Waals surface area contributed by atoms with E-state index in [4.69, 9.17) is 10.5 Å². The number of aromatic hydroxyl groups is 1. The Hall–Kier alpha value is -1.91. The smallest absolute Gasteiger partial charge is 0.222 e. The fourth-order valence-electron chi connectivity index (χ4n) is 2.14. The maximum atomic E-state index is 11.1. The van der Waals surface area contributed by atoms with E-state index < -0.39 is 0 Å². The quantitative estimate of drug-likeness (QED) is 0.810. The summed E-state index contributed by atoms with van der Waals surface area (Å²) < 4.78 is 5.24. The highest BCUT2D eigenvalue weighted by molar-refractivity contribution is 5.78. The van der Waals surface area contributed by atoms with E-state index in [1.807, 2.05) is 4.90 Å². The summed E-state index contributed by atoms with van der Waals surface area (Å²) in [7, 11) is 1.58. The van der Waals surface area contributed by atoms with Crippen LogP contribution in [0.3, 0.4) is 0 Å². The summed E-state index contributed by atoms with van der Waals surface area (Å²) in [4.78, 5) is 13.1. The van der Waals surface area contributed by atoms with E-state index in [1.54, 1.807) is 25.3 Å². The summed E-state index contributed by atoms with van der Waals surface area (Å²) in [6.07, 6.45) is 0.744. The van der Waals surface area contributed by atoms with Gasteiger partial charge in [-0.05, 0) is 18.6 Å². The molecule has 0 saturated carbocycles. The summed E-state index contributed by atoms with van der Waals surface area (Å²) in [5, 5.41) is 9.49. The number of carbonyl (C=O) groups excluding carboxylic acids is 1. The van der Waals surface area contributed by atoms with Crippen LogP contribution in [0.1, 0.15) is 6.42 Å². The first-order valence-corrected chi connectivity index (χ1v) is 5.53. The van der Waals surface area contributed by atoms with Crippen LogP contribution in [0.4, 0.5) is 5.69 Å². The number of amides is 1. The number of phenolic OH excluding ortho intramolecular Hbond substituents is 1. The number of methoxy groups -OCH3 is 1. The second-order valence-corrected chi connectivity index (χ2v) is 4.19. The van der Waals surface area contributed by atoms with Gasteiger partial charge in [0.1, 0.15) is 11.5 Å².